The summed E-state index contributed by atoms with van der Waals surface area (Å²) in [6.07, 6.45) is -1.29. The number of ketones is 1. The smallest absolute Gasteiger partial charge is 0.378 e. The van der Waals surface area contributed by atoms with Gasteiger partial charge in [-0.25, -0.2) is 20.4 Å². The Kier molecular flexibility index (Phi) is 8.04. The van der Waals surface area contributed by atoms with Crippen LogP contribution in [0.1, 0.15) is 30.5 Å². The summed E-state index contributed by atoms with van der Waals surface area (Å²) in [5.74, 6) is 2.08. The monoisotopic (exact) mass is 560 g/mol. The number of carbonyl (C=O) groups is 5. The number of thioether (sulfide) groups is 1. The van der Waals surface area contributed by atoms with Crippen LogP contribution < -0.4 is 5.84 Å². The van der Waals surface area contributed by atoms with Gasteiger partial charge in [0, 0.05) is 18.3 Å². The van der Waals surface area contributed by atoms with Crippen LogP contribution in [0.3, 0.4) is 0 Å². The summed E-state index contributed by atoms with van der Waals surface area (Å²) < 4.78 is 8.69. The van der Waals surface area contributed by atoms with Gasteiger partial charge in [0.1, 0.15) is 5.69 Å². The molecule has 0 spiro atoms. The fourth-order valence-corrected chi connectivity index (χ4v) is 6.74. The van der Waals surface area contributed by atoms with E-state index in [2.05, 4.69) is 19.4 Å². The normalized spacial score (nSPS) is 25.7. The largest absolute Gasteiger partial charge is 0.541 e. The van der Waals surface area contributed by atoms with Crippen molar-refractivity contribution in [2.45, 2.75) is 43.0 Å². The number of fused-ring (bicyclic) bond motifs is 1. The van der Waals surface area contributed by atoms with E-state index in [0.29, 0.717) is 5.01 Å². The van der Waals surface area contributed by atoms with Crippen molar-refractivity contribution < 1.29 is 38.1 Å². The SMILES string of the molecule is [B]OC(=O)[C@H](CC)O/N=C(\C(=O)CC1C(=O)N2C[C@@](C(=O)O[B])(N3CCN(N)C3=O)S[C@H]12)c1csc(C)n1. The number of aryl methyl sites for hydroxylation is 1. The van der Waals surface area contributed by atoms with Gasteiger partial charge in [-0.3, -0.25) is 24.3 Å². The summed E-state index contributed by atoms with van der Waals surface area (Å²) in [5.41, 5.74) is 0.0240. The maximum Gasteiger partial charge on any atom is 0.378 e. The molecular weight excluding hydrogens is 538 g/mol. The standard InChI is InChI=1S/C20H22B2N6O8S2/c1-3-13(17(31)34-21)36-25-14(11-7-37-9(2)24-11)12(29)6-10-15(30)26-8-20(18(32)35-22,38-16(10)26)27-4-5-28(23)19(27)33/h7,10,13,16H,3-6,8,23H2,1-2H3/b25-14-/t10?,13-,16+,20+/m0/s1. The highest BCUT2D eigenvalue weighted by molar-refractivity contribution is 8.02. The first-order valence-electron chi connectivity index (χ1n) is 11.4. The van der Waals surface area contributed by atoms with Gasteiger partial charge < -0.3 is 19.0 Å². The molecule has 14 nitrogen and oxygen atoms in total. The van der Waals surface area contributed by atoms with E-state index >= 15 is 0 Å². The number of nitrogens with two attached hydrogens (primary N) is 1. The number of rotatable bonds is 10. The molecule has 0 saturated carbocycles. The van der Waals surface area contributed by atoms with Crippen molar-refractivity contribution in [1.82, 2.24) is 19.8 Å². The van der Waals surface area contributed by atoms with E-state index in [0.717, 1.165) is 16.8 Å². The van der Waals surface area contributed by atoms with E-state index in [1.807, 2.05) is 0 Å². The average molecular weight is 560 g/mol. The van der Waals surface area contributed by atoms with Gasteiger partial charge in [-0.1, -0.05) is 23.8 Å². The molecule has 3 amide bonds. The van der Waals surface area contributed by atoms with E-state index < -0.39 is 51.9 Å². The third-order valence-corrected chi connectivity index (χ3v) is 8.91. The second-order valence-electron chi connectivity index (χ2n) is 8.66. The van der Waals surface area contributed by atoms with Crippen molar-refractivity contribution in [3.05, 3.63) is 16.1 Å². The quantitative estimate of drug-likeness (QED) is 0.0929. The van der Waals surface area contributed by atoms with Crippen LogP contribution in [0, 0.1) is 12.8 Å². The number of thiazole rings is 1. The highest BCUT2D eigenvalue weighted by Crippen LogP contribution is 2.53. The van der Waals surface area contributed by atoms with Gasteiger partial charge in [0.2, 0.25) is 16.9 Å². The third kappa shape index (κ3) is 4.75. The van der Waals surface area contributed by atoms with Gasteiger partial charge in [0.05, 0.1) is 29.4 Å². The number of nitrogens with zero attached hydrogens (tertiary/aromatic N) is 5. The van der Waals surface area contributed by atoms with Crippen molar-refractivity contribution in [3.63, 3.8) is 0 Å². The summed E-state index contributed by atoms with van der Waals surface area (Å²) in [4.78, 5) is 74.0. The summed E-state index contributed by atoms with van der Waals surface area (Å²) in [6, 6.07) is -0.613. The lowest BCUT2D eigenvalue weighted by molar-refractivity contribution is -0.153. The van der Waals surface area contributed by atoms with Gasteiger partial charge >= 0.3 is 34.1 Å². The average Bonchev–Trinajstić information content (AvgIpc) is 3.60. The molecular formula is C20H22B2N6O8S2. The third-order valence-electron chi connectivity index (χ3n) is 6.41. The highest BCUT2D eigenvalue weighted by Gasteiger charge is 2.66. The number of β-lactam (4-membered cyclic amide) rings is 1. The van der Waals surface area contributed by atoms with E-state index in [4.69, 9.17) is 26.8 Å². The fraction of sp³-hybridized carbons (Fsp3) is 0.550. The zero-order chi connectivity index (χ0) is 27.8. The Morgan fingerprint density at radius 3 is 2.58 bits per heavy atom. The van der Waals surface area contributed by atoms with Crippen LogP contribution in [0.2, 0.25) is 0 Å². The zero-order valence-corrected chi connectivity index (χ0v) is 22.0. The Labute approximate surface area is 228 Å². The number of Topliss-reactive ketones (excluding diaryl/α,β-unsaturated/α-hetero) is 1. The first-order valence-corrected chi connectivity index (χ1v) is 13.2. The molecule has 3 fully saturated rings. The Balaban J connectivity index is 1.55. The van der Waals surface area contributed by atoms with Crippen LogP contribution in [0.15, 0.2) is 10.5 Å². The van der Waals surface area contributed by atoms with Gasteiger partial charge in [0.25, 0.3) is 0 Å². The predicted molar refractivity (Wildman–Crippen MR) is 134 cm³/mol. The molecule has 38 heavy (non-hydrogen) atoms. The number of amides is 3. The molecule has 198 valence electrons. The van der Waals surface area contributed by atoms with Crippen LogP contribution in [-0.2, 0) is 33.3 Å². The van der Waals surface area contributed by atoms with Crippen molar-refractivity contribution in [2.24, 2.45) is 16.9 Å². The van der Waals surface area contributed by atoms with Crippen LogP contribution in [0.4, 0.5) is 4.79 Å². The molecule has 18 heteroatoms. The summed E-state index contributed by atoms with van der Waals surface area (Å²) >= 11 is 2.27. The molecule has 4 radical (unpaired) electrons. The number of oxime groups is 1. The summed E-state index contributed by atoms with van der Waals surface area (Å²) in [6.45, 7) is 3.49. The molecule has 1 aromatic heterocycles. The maximum atomic E-state index is 13.4. The molecule has 4 heterocycles. The topological polar surface area (TPSA) is 174 Å². The van der Waals surface area contributed by atoms with E-state index in [1.165, 1.54) is 21.1 Å². The minimum absolute atomic E-state index is 0.122. The molecule has 0 bridgehead atoms. The number of hydrogen-bond acceptors (Lipinski definition) is 13. The molecule has 1 unspecified atom stereocenters. The summed E-state index contributed by atoms with van der Waals surface area (Å²) in [5, 5.41) is 6.45. The zero-order valence-electron chi connectivity index (χ0n) is 20.4. The van der Waals surface area contributed by atoms with Crippen molar-refractivity contribution >= 4 is 74.6 Å². The predicted octanol–water partition coefficient (Wildman–Crippen LogP) is -0.998. The van der Waals surface area contributed by atoms with E-state index in [-0.39, 0.29) is 43.9 Å². The highest BCUT2D eigenvalue weighted by atomic mass is 32.2. The molecule has 2 N–H and O–H groups in total. The lowest BCUT2D eigenvalue weighted by atomic mass is 9.90. The number of hydrogen-bond donors (Lipinski definition) is 1. The second-order valence-corrected chi connectivity index (χ2v) is 11.1. The van der Waals surface area contributed by atoms with Crippen molar-refractivity contribution in [3.8, 4) is 0 Å². The first kappa shape index (κ1) is 27.9. The Hall–Kier alpha value is -3.11. The number of carbonyl (C=O) groups excluding carboxylic acids is 5. The van der Waals surface area contributed by atoms with Gasteiger partial charge in [0.15, 0.2) is 11.5 Å². The Morgan fingerprint density at radius 2 is 2.03 bits per heavy atom. The molecule has 4 atom stereocenters. The molecule has 3 saturated heterocycles. The lowest BCUT2D eigenvalue weighted by Crippen LogP contribution is -2.60. The molecule has 4 rings (SSSR count). The number of urea groups is 1. The van der Waals surface area contributed by atoms with Gasteiger partial charge in [-0.2, -0.15) is 0 Å². The Bertz CT molecular complexity index is 1200. The minimum atomic E-state index is -1.61. The number of hydrazine groups is 1. The van der Waals surface area contributed by atoms with E-state index in [9.17, 15) is 24.0 Å². The number of aromatic nitrogens is 1. The van der Waals surface area contributed by atoms with Crippen molar-refractivity contribution in [1.29, 1.82) is 0 Å². The molecule has 0 aromatic carbocycles. The van der Waals surface area contributed by atoms with Crippen LogP contribution >= 0.6 is 23.1 Å². The van der Waals surface area contributed by atoms with Gasteiger partial charge in [-0.15, -0.1) is 11.3 Å². The maximum absolute atomic E-state index is 13.4. The minimum Gasteiger partial charge on any atom is -0.541 e. The second kappa shape index (κ2) is 10.9. The lowest BCUT2D eigenvalue weighted by Gasteiger charge is -2.40. The van der Waals surface area contributed by atoms with Gasteiger partial charge in [-0.05, 0) is 13.3 Å². The first-order chi connectivity index (χ1) is 18.1. The molecule has 3 aliphatic heterocycles. The molecule has 3 aliphatic rings. The summed E-state index contributed by atoms with van der Waals surface area (Å²) in [7, 11) is 10.1. The van der Waals surface area contributed by atoms with E-state index in [1.54, 1.807) is 19.2 Å². The van der Waals surface area contributed by atoms with Crippen LogP contribution in [0.25, 0.3) is 0 Å². The molecule has 0 aliphatic carbocycles. The fourth-order valence-electron chi connectivity index (χ4n) is 4.40. The van der Waals surface area contributed by atoms with Crippen LogP contribution in [0.5, 0.6) is 0 Å². The van der Waals surface area contributed by atoms with Crippen LogP contribution in [-0.4, -0.2) is 107 Å². The Morgan fingerprint density at radius 1 is 1.29 bits per heavy atom. The molecule has 1 aromatic rings. The van der Waals surface area contributed by atoms with Crippen molar-refractivity contribution in [2.75, 3.05) is 19.6 Å².